The van der Waals surface area contributed by atoms with Crippen molar-refractivity contribution in [2.45, 2.75) is 25.4 Å². The van der Waals surface area contributed by atoms with Gasteiger partial charge >= 0.3 is 0 Å². The molecular formula is C15H29IN4O3. The number of likely N-dealkylation sites (tertiary alicyclic amines) is 1. The molecule has 0 aliphatic carbocycles. The van der Waals surface area contributed by atoms with E-state index in [4.69, 9.17) is 9.47 Å². The summed E-state index contributed by atoms with van der Waals surface area (Å²) in [5, 5.41) is 3.19. The number of morpholine rings is 1. The number of halogens is 1. The summed E-state index contributed by atoms with van der Waals surface area (Å²) in [5.41, 5.74) is 0. The highest BCUT2D eigenvalue weighted by molar-refractivity contribution is 14.0. The standard InChI is InChI=1S/C15H28N4O3.HI/c1-16-15(19-8-9-22-13(11-19)12-21-2)17-10-14(20)18-6-4-3-5-7-18;/h13H,3-12H2,1-2H3,(H,16,17);1H. The Morgan fingerprint density at radius 1 is 1.26 bits per heavy atom. The first kappa shape index (κ1) is 20.4. The Morgan fingerprint density at radius 2 is 2.00 bits per heavy atom. The van der Waals surface area contributed by atoms with Crippen LogP contribution < -0.4 is 5.32 Å². The maximum absolute atomic E-state index is 12.2. The van der Waals surface area contributed by atoms with E-state index in [-0.39, 0.29) is 36.0 Å². The number of rotatable bonds is 4. The molecule has 2 saturated heterocycles. The second-order valence-electron chi connectivity index (χ2n) is 5.74. The molecule has 0 bridgehead atoms. The van der Waals surface area contributed by atoms with Crippen LogP contribution in [0.15, 0.2) is 4.99 Å². The van der Waals surface area contributed by atoms with Crippen molar-refractivity contribution < 1.29 is 14.3 Å². The predicted octanol–water partition coefficient (Wildman–Crippen LogP) is 0.540. The van der Waals surface area contributed by atoms with Gasteiger partial charge in [-0.25, -0.2) is 0 Å². The molecule has 2 fully saturated rings. The molecule has 134 valence electrons. The lowest BCUT2D eigenvalue weighted by molar-refractivity contribution is -0.130. The summed E-state index contributed by atoms with van der Waals surface area (Å²) >= 11 is 0. The Hall–Kier alpha value is -0.610. The molecular weight excluding hydrogens is 411 g/mol. The van der Waals surface area contributed by atoms with Gasteiger partial charge < -0.3 is 24.6 Å². The number of amides is 1. The van der Waals surface area contributed by atoms with Crippen molar-refractivity contribution in [3.8, 4) is 0 Å². The van der Waals surface area contributed by atoms with Gasteiger partial charge in [-0.15, -0.1) is 24.0 Å². The number of guanidine groups is 1. The summed E-state index contributed by atoms with van der Waals surface area (Å²) in [7, 11) is 3.42. The van der Waals surface area contributed by atoms with Crippen LogP contribution in [-0.2, 0) is 14.3 Å². The van der Waals surface area contributed by atoms with Gasteiger partial charge in [0.2, 0.25) is 5.91 Å². The number of carbonyl (C=O) groups excluding carboxylic acids is 1. The average molecular weight is 440 g/mol. The van der Waals surface area contributed by atoms with Gasteiger partial charge in [0, 0.05) is 40.3 Å². The predicted molar refractivity (Wildman–Crippen MR) is 100 cm³/mol. The van der Waals surface area contributed by atoms with E-state index < -0.39 is 0 Å². The fraction of sp³-hybridized carbons (Fsp3) is 0.867. The first-order valence-electron chi connectivity index (χ1n) is 8.08. The van der Waals surface area contributed by atoms with Gasteiger partial charge in [-0.2, -0.15) is 0 Å². The number of ether oxygens (including phenoxy) is 2. The minimum absolute atomic E-state index is 0. The lowest BCUT2D eigenvalue weighted by atomic mass is 10.1. The Bertz CT molecular complexity index is 387. The quantitative estimate of drug-likeness (QED) is 0.393. The first-order valence-corrected chi connectivity index (χ1v) is 8.08. The SMILES string of the molecule is CN=C(NCC(=O)N1CCCCC1)N1CCOC(COC)C1.I. The fourth-order valence-electron chi connectivity index (χ4n) is 2.94. The van der Waals surface area contributed by atoms with E-state index in [9.17, 15) is 4.79 Å². The van der Waals surface area contributed by atoms with Gasteiger partial charge in [0.1, 0.15) is 0 Å². The van der Waals surface area contributed by atoms with Gasteiger partial charge in [-0.3, -0.25) is 9.79 Å². The maximum atomic E-state index is 12.2. The molecule has 7 nitrogen and oxygen atoms in total. The van der Waals surface area contributed by atoms with E-state index >= 15 is 0 Å². The number of methoxy groups -OCH3 is 1. The number of carbonyl (C=O) groups is 1. The lowest BCUT2D eigenvalue weighted by Crippen LogP contribution is -2.53. The Labute approximate surface area is 155 Å². The third-order valence-corrected chi connectivity index (χ3v) is 4.11. The van der Waals surface area contributed by atoms with Crippen LogP contribution in [-0.4, -0.2) is 87.9 Å². The largest absolute Gasteiger partial charge is 0.382 e. The van der Waals surface area contributed by atoms with Gasteiger partial charge in [-0.05, 0) is 19.3 Å². The molecule has 1 N–H and O–H groups in total. The topological polar surface area (TPSA) is 66.4 Å². The molecule has 1 atom stereocenters. The van der Waals surface area contributed by atoms with Crippen molar-refractivity contribution >= 4 is 35.8 Å². The van der Waals surface area contributed by atoms with Crippen LogP contribution in [0.25, 0.3) is 0 Å². The molecule has 1 amide bonds. The van der Waals surface area contributed by atoms with Crippen molar-refractivity contribution in [3.63, 3.8) is 0 Å². The van der Waals surface area contributed by atoms with Gasteiger partial charge in [-0.1, -0.05) is 0 Å². The number of hydrogen-bond donors (Lipinski definition) is 1. The van der Waals surface area contributed by atoms with E-state index in [2.05, 4.69) is 15.2 Å². The zero-order valence-electron chi connectivity index (χ0n) is 14.1. The number of nitrogens with one attached hydrogen (secondary N) is 1. The highest BCUT2D eigenvalue weighted by atomic mass is 127. The van der Waals surface area contributed by atoms with E-state index in [0.717, 1.165) is 45.0 Å². The van der Waals surface area contributed by atoms with Gasteiger partial charge in [0.05, 0.1) is 25.9 Å². The second kappa shape index (κ2) is 11.0. The van der Waals surface area contributed by atoms with E-state index in [1.54, 1.807) is 14.2 Å². The van der Waals surface area contributed by atoms with Crippen molar-refractivity contribution in [1.82, 2.24) is 15.1 Å². The average Bonchev–Trinajstić information content (AvgIpc) is 2.57. The monoisotopic (exact) mass is 440 g/mol. The Morgan fingerprint density at radius 3 is 2.65 bits per heavy atom. The minimum atomic E-state index is 0. The number of hydrogen-bond acceptors (Lipinski definition) is 4. The number of aliphatic imine (C=N–C) groups is 1. The van der Waals surface area contributed by atoms with Gasteiger partial charge in [0.15, 0.2) is 5.96 Å². The summed E-state index contributed by atoms with van der Waals surface area (Å²) < 4.78 is 10.8. The fourth-order valence-corrected chi connectivity index (χ4v) is 2.94. The number of nitrogens with zero attached hydrogens (tertiary/aromatic N) is 3. The molecule has 1 unspecified atom stereocenters. The third-order valence-electron chi connectivity index (χ3n) is 4.11. The van der Waals surface area contributed by atoms with Crippen LogP contribution >= 0.6 is 24.0 Å². The van der Waals surface area contributed by atoms with E-state index in [1.165, 1.54) is 6.42 Å². The van der Waals surface area contributed by atoms with E-state index in [1.807, 2.05) is 4.90 Å². The van der Waals surface area contributed by atoms with Crippen molar-refractivity contribution in [1.29, 1.82) is 0 Å². The maximum Gasteiger partial charge on any atom is 0.241 e. The van der Waals surface area contributed by atoms with Gasteiger partial charge in [0.25, 0.3) is 0 Å². The molecule has 0 radical (unpaired) electrons. The van der Waals surface area contributed by atoms with Crippen molar-refractivity contribution in [2.75, 3.05) is 60.1 Å². The molecule has 2 rings (SSSR count). The molecule has 0 spiro atoms. The summed E-state index contributed by atoms with van der Waals surface area (Å²) in [6.07, 6.45) is 3.51. The normalized spacial score (nSPS) is 22.5. The smallest absolute Gasteiger partial charge is 0.241 e. The molecule has 8 heteroatoms. The molecule has 2 aliphatic heterocycles. The van der Waals surface area contributed by atoms with Crippen molar-refractivity contribution in [3.05, 3.63) is 0 Å². The van der Waals surface area contributed by atoms with Crippen LogP contribution in [0.3, 0.4) is 0 Å². The third kappa shape index (κ3) is 6.42. The highest BCUT2D eigenvalue weighted by Gasteiger charge is 2.23. The van der Waals surface area contributed by atoms with Crippen LogP contribution in [0.5, 0.6) is 0 Å². The summed E-state index contributed by atoms with van der Waals surface area (Å²) in [6.45, 7) is 4.79. The first-order chi connectivity index (χ1) is 10.7. The zero-order chi connectivity index (χ0) is 15.8. The lowest BCUT2D eigenvalue weighted by Gasteiger charge is -2.35. The van der Waals surface area contributed by atoms with Crippen molar-refractivity contribution in [2.24, 2.45) is 4.99 Å². The number of piperidine rings is 1. The van der Waals surface area contributed by atoms with Crippen LogP contribution in [0.4, 0.5) is 0 Å². The molecule has 2 heterocycles. The highest BCUT2D eigenvalue weighted by Crippen LogP contribution is 2.09. The van der Waals surface area contributed by atoms with Crippen LogP contribution in [0.2, 0.25) is 0 Å². The summed E-state index contributed by atoms with van der Waals surface area (Å²) in [5.74, 6) is 0.914. The van der Waals surface area contributed by atoms with Crippen LogP contribution in [0, 0.1) is 0 Å². The molecule has 0 aromatic rings. The van der Waals surface area contributed by atoms with Crippen LogP contribution in [0.1, 0.15) is 19.3 Å². The Balaban J connectivity index is 0.00000264. The molecule has 0 aromatic carbocycles. The Kier molecular flexibility index (Phi) is 9.80. The zero-order valence-corrected chi connectivity index (χ0v) is 16.5. The molecule has 0 saturated carbocycles. The summed E-state index contributed by atoms with van der Waals surface area (Å²) in [4.78, 5) is 20.6. The minimum Gasteiger partial charge on any atom is -0.382 e. The molecule has 23 heavy (non-hydrogen) atoms. The summed E-state index contributed by atoms with van der Waals surface area (Å²) in [6, 6.07) is 0. The molecule has 2 aliphatic rings. The second-order valence-corrected chi connectivity index (χ2v) is 5.74. The molecule has 0 aromatic heterocycles. The van der Waals surface area contributed by atoms with E-state index in [0.29, 0.717) is 19.8 Å².